The van der Waals surface area contributed by atoms with Crippen LogP contribution in [0.25, 0.3) is 0 Å². The molecule has 1 saturated heterocycles. The number of rotatable bonds is 6. The van der Waals surface area contributed by atoms with Crippen LogP contribution in [0.3, 0.4) is 0 Å². The van der Waals surface area contributed by atoms with Crippen molar-refractivity contribution in [3.8, 4) is 5.75 Å². The van der Waals surface area contributed by atoms with Gasteiger partial charge in [0.25, 0.3) is 5.91 Å². The first kappa shape index (κ1) is 19.9. The van der Waals surface area contributed by atoms with Crippen LogP contribution in [-0.4, -0.2) is 37.7 Å². The molecule has 2 aromatic rings. The number of hydrogen-bond acceptors (Lipinski definition) is 4. The number of benzene rings is 2. The molecule has 1 atom stereocenters. The number of carbonyl (C=O) groups is 1. The minimum absolute atomic E-state index is 0.109. The maximum atomic E-state index is 12.7. The molecule has 0 aromatic heterocycles. The number of amides is 1. The van der Waals surface area contributed by atoms with Crippen molar-refractivity contribution in [1.82, 2.24) is 5.32 Å². The van der Waals surface area contributed by atoms with Gasteiger partial charge in [0, 0.05) is 17.9 Å². The quantitative estimate of drug-likeness (QED) is 0.590. The lowest BCUT2D eigenvalue weighted by molar-refractivity contribution is 0.0975. The maximum Gasteiger partial charge on any atom is 0.257 e. The molecule has 0 spiro atoms. The summed E-state index contributed by atoms with van der Waals surface area (Å²) in [5.41, 5.74) is 2.57. The van der Waals surface area contributed by atoms with Crippen LogP contribution in [-0.2, 0) is 4.74 Å². The van der Waals surface area contributed by atoms with E-state index in [1.807, 2.05) is 38.1 Å². The van der Waals surface area contributed by atoms with Crippen molar-refractivity contribution in [3.05, 3.63) is 59.7 Å². The average Bonchev–Trinajstić information content (AvgIpc) is 3.22. The van der Waals surface area contributed by atoms with Crippen molar-refractivity contribution in [2.45, 2.75) is 32.8 Å². The summed E-state index contributed by atoms with van der Waals surface area (Å²) in [7, 11) is 0. The summed E-state index contributed by atoms with van der Waals surface area (Å²) in [6, 6.07) is 15.0. The van der Waals surface area contributed by atoms with Gasteiger partial charge in [-0.05, 0) is 63.1 Å². The topological polar surface area (TPSA) is 72.0 Å². The van der Waals surface area contributed by atoms with Gasteiger partial charge in [0.15, 0.2) is 0 Å². The Morgan fingerprint density at radius 3 is 2.57 bits per heavy atom. The van der Waals surface area contributed by atoms with Crippen LogP contribution < -0.4 is 15.4 Å². The zero-order valence-corrected chi connectivity index (χ0v) is 16.4. The highest BCUT2D eigenvalue weighted by Crippen LogP contribution is 2.14. The Bertz CT molecular complexity index is 795. The van der Waals surface area contributed by atoms with Crippen LogP contribution in [0.4, 0.5) is 5.69 Å². The van der Waals surface area contributed by atoms with Gasteiger partial charge in [0.2, 0.25) is 5.96 Å². The van der Waals surface area contributed by atoms with E-state index in [1.54, 1.807) is 24.3 Å². The number of nitrogens with zero attached hydrogens (tertiary/aromatic N) is 1. The Balaban J connectivity index is 1.70. The molecule has 1 aliphatic rings. The van der Waals surface area contributed by atoms with Gasteiger partial charge < -0.3 is 14.8 Å². The summed E-state index contributed by atoms with van der Waals surface area (Å²) in [6.07, 6.45) is 2.16. The Kier molecular flexibility index (Phi) is 7.03. The van der Waals surface area contributed by atoms with E-state index in [2.05, 4.69) is 15.6 Å². The summed E-state index contributed by atoms with van der Waals surface area (Å²) in [5.74, 6) is 0.927. The molecule has 3 rings (SSSR count). The van der Waals surface area contributed by atoms with Crippen LogP contribution in [0.1, 0.15) is 35.7 Å². The molecule has 1 aliphatic heterocycles. The molecule has 2 N–H and O–H groups in total. The van der Waals surface area contributed by atoms with E-state index in [0.29, 0.717) is 24.7 Å². The van der Waals surface area contributed by atoms with Crippen molar-refractivity contribution < 1.29 is 14.3 Å². The fourth-order valence-electron chi connectivity index (χ4n) is 2.91. The molecule has 1 fully saturated rings. The first-order valence-corrected chi connectivity index (χ1v) is 9.68. The van der Waals surface area contributed by atoms with Gasteiger partial charge in [0.1, 0.15) is 5.75 Å². The summed E-state index contributed by atoms with van der Waals surface area (Å²) in [5, 5.41) is 6.08. The Morgan fingerprint density at radius 2 is 1.93 bits per heavy atom. The third-order valence-corrected chi connectivity index (χ3v) is 4.45. The highest BCUT2D eigenvalue weighted by atomic mass is 16.5. The molecular weight excluding hydrogens is 354 g/mol. The third kappa shape index (κ3) is 5.82. The number of guanidine groups is 1. The molecule has 6 nitrogen and oxygen atoms in total. The van der Waals surface area contributed by atoms with Crippen LogP contribution in [0, 0.1) is 6.92 Å². The van der Waals surface area contributed by atoms with E-state index in [4.69, 9.17) is 9.47 Å². The first-order valence-electron chi connectivity index (χ1n) is 9.68. The Hall–Kier alpha value is -2.86. The minimum Gasteiger partial charge on any atom is -0.494 e. The van der Waals surface area contributed by atoms with E-state index in [-0.39, 0.29) is 12.0 Å². The molecule has 0 bridgehead atoms. The van der Waals surface area contributed by atoms with Crippen LogP contribution in [0.15, 0.2) is 53.5 Å². The summed E-state index contributed by atoms with van der Waals surface area (Å²) in [6.45, 7) is 5.83. The molecule has 148 valence electrons. The zero-order valence-electron chi connectivity index (χ0n) is 16.4. The van der Waals surface area contributed by atoms with E-state index < -0.39 is 0 Å². The molecule has 0 saturated carbocycles. The van der Waals surface area contributed by atoms with E-state index in [0.717, 1.165) is 30.9 Å². The fraction of sp³-hybridized carbons (Fsp3) is 0.364. The second-order valence-electron chi connectivity index (χ2n) is 6.73. The SMILES string of the molecule is CCOc1ccc(C(=O)NC(=NC[C@H]2CCCO2)Nc2ccc(C)cc2)cc1. The molecular formula is C22H27N3O3. The molecule has 28 heavy (non-hydrogen) atoms. The fourth-order valence-corrected chi connectivity index (χ4v) is 2.91. The van der Waals surface area contributed by atoms with Crippen molar-refractivity contribution in [1.29, 1.82) is 0 Å². The number of ether oxygens (including phenoxy) is 2. The van der Waals surface area contributed by atoms with E-state index in [9.17, 15) is 4.79 Å². The van der Waals surface area contributed by atoms with Crippen molar-refractivity contribution in [2.24, 2.45) is 4.99 Å². The van der Waals surface area contributed by atoms with Crippen LogP contribution in [0.2, 0.25) is 0 Å². The lowest BCUT2D eigenvalue weighted by Gasteiger charge is -2.14. The zero-order chi connectivity index (χ0) is 19.8. The summed E-state index contributed by atoms with van der Waals surface area (Å²) in [4.78, 5) is 17.2. The third-order valence-electron chi connectivity index (χ3n) is 4.45. The smallest absolute Gasteiger partial charge is 0.257 e. The van der Waals surface area contributed by atoms with Crippen LogP contribution in [0.5, 0.6) is 5.75 Å². The number of anilines is 1. The molecule has 6 heteroatoms. The monoisotopic (exact) mass is 381 g/mol. The normalized spacial score (nSPS) is 16.6. The highest BCUT2D eigenvalue weighted by Gasteiger charge is 2.16. The van der Waals surface area contributed by atoms with Gasteiger partial charge in [-0.25, -0.2) is 4.99 Å². The first-order chi connectivity index (χ1) is 13.6. The lowest BCUT2D eigenvalue weighted by atomic mass is 10.2. The summed E-state index contributed by atoms with van der Waals surface area (Å²) < 4.78 is 11.1. The second kappa shape index (κ2) is 9.90. The van der Waals surface area contributed by atoms with Crippen LogP contribution >= 0.6 is 0 Å². The van der Waals surface area contributed by atoms with Gasteiger partial charge >= 0.3 is 0 Å². The number of carbonyl (C=O) groups excluding carboxylic acids is 1. The molecule has 2 aromatic carbocycles. The second-order valence-corrected chi connectivity index (χ2v) is 6.73. The Labute approximate surface area is 166 Å². The Morgan fingerprint density at radius 1 is 1.18 bits per heavy atom. The van der Waals surface area contributed by atoms with Gasteiger partial charge in [-0.1, -0.05) is 17.7 Å². The highest BCUT2D eigenvalue weighted by molar-refractivity contribution is 6.10. The number of nitrogens with one attached hydrogen (secondary N) is 2. The molecule has 1 heterocycles. The van der Waals surface area contributed by atoms with Crippen molar-refractivity contribution >= 4 is 17.6 Å². The minimum atomic E-state index is -0.228. The largest absolute Gasteiger partial charge is 0.494 e. The van der Waals surface area contributed by atoms with Gasteiger partial charge in [-0.15, -0.1) is 0 Å². The van der Waals surface area contributed by atoms with Gasteiger partial charge in [-0.2, -0.15) is 0 Å². The lowest BCUT2D eigenvalue weighted by Crippen LogP contribution is -2.36. The average molecular weight is 381 g/mol. The van der Waals surface area contributed by atoms with E-state index >= 15 is 0 Å². The number of aliphatic imine (C=N–C) groups is 1. The van der Waals surface area contributed by atoms with E-state index in [1.165, 1.54) is 5.56 Å². The summed E-state index contributed by atoms with van der Waals surface area (Å²) >= 11 is 0. The molecule has 0 aliphatic carbocycles. The predicted octanol–water partition coefficient (Wildman–Crippen LogP) is 3.77. The van der Waals surface area contributed by atoms with Crippen molar-refractivity contribution in [2.75, 3.05) is 25.1 Å². The standard InChI is InChI=1S/C22H27N3O3/c1-3-27-19-12-8-17(9-13-19)21(26)25-22(23-15-20-5-4-14-28-20)24-18-10-6-16(2)7-11-18/h6-13,20H,3-5,14-15H2,1-2H3,(H2,23,24,25,26)/t20-/m1/s1. The van der Waals surface area contributed by atoms with Gasteiger partial charge in [-0.3, -0.25) is 10.1 Å². The number of hydrogen-bond donors (Lipinski definition) is 2. The predicted molar refractivity (Wildman–Crippen MR) is 111 cm³/mol. The van der Waals surface area contributed by atoms with Crippen molar-refractivity contribution in [3.63, 3.8) is 0 Å². The molecule has 0 radical (unpaired) electrons. The maximum absolute atomic E-state index is 12.7. The van der Waals surface area contributed by atoms with Gasteiger partial charge in [0.05, 0.1) is 19.3 Å². The molecule has 1 amide bonds. The number of aryl methyl sites for hydroxylation is 1. The molecule has 0 unspecified atom stereocenters.